The lowest BCUT2D eigenvalue weighted by Crippen LogP contribution is -2.64. The summed E-state index contributed by atoms with van der Waals surface area (Å²) in [5.74, 6) is 0. The molecule has 3 saturated carbocycles. The van der Waals surface area contributed by atoms with E-state index in [1.54, 1.807) is 0 Å². The van der Waals surface area contributed by atoms with Crippen LogP contribution in [0.15, 0.2) is 261 Å². The molecular weight excluding hydrogens is 1290 g/mol. The van der Waals surface area contributed by atoms with E-state index in [0.717, 1.165) is 32.1 Å². The van der Waals surface area contributed by atoms with Gasteiger partial charge in [0.2, 0.25) is 0 Å². The average Bonchev–Trinajstić information content (AvgIpc) is 1.52. The van der Waals surface area contributed by atoms with Crippen LogP contribution < -0.4 is 14.7 Å². The zero-order valence-electron chi connectivity index (χ0n) is 64.2. The van der Waals surface area contributed by atoms with Gasteiger partial charge < -0.3 is 14.7 Å². The molecule has 0 radical (unpaired) electrons. The van der Waals surface area contributed by atoms with Crippen LogP contribution in [-0.2, 0) is 16.2 Å². The van der Waals surface area contributed by atoms with Crippen LogP contribution in [0.2, 0.25) is 0 Å². The van der Waals surface area contributed by atoms with Crippen LogP contribution in [0, 0.1) is 10.8 Å². The number of benzene rings is 13. The lowest BCUT2D eigenvalue weighted by Gasteiger charge is -2.59. The van der Waals surface area contributed by atoms with Crippen molar-refractivity contribution < 1.29 is 0 Å². The van der Waals surface area contributed by atoms with Crippen molar-refractivity contribution in [2.45, 2.75) is 179 Å². The standard InChI is InChI=1S/C104H97N3/c1-97(2,3)103-61-30-27-58-100(103,8)83-63-68(45-55-86(83)106(103)72-39-22-14-23-40-72)74-48-51-79-90-77(74)43-32-44-78(90)93-88(66-33-16-11-17-34-66)95-80-53-50-76(70-47-56-87-84(65-70)101(9)59-28-31-62-104(101,98(4,5)6)107(87)73-41-24-15-25-42-73)91-75(49-52-81(92(80)91)96(95)89(94(79)93)67-35-18-12-19-36-67)69-46-54-85-82(64-69)99(7)57-26-29-60-102(99,10)105(85)71-37-20-13-21-38-71/h11-25,32-56,63-65H,26-31,57-62H2,1-10H3. The van der Waals surface area contributed by atoms with Crippen LogP contribution in [0.3, 0.4) is 0 Å². The summed E-state index contributed by atoms with van der Waals surface area (Å²) in [7, 11) is 0. The fraction of sp³-hybridized carbons (Fsp3) is 0.288. The Labute approximate surface area is 632 Å². The van der Waals surface area contributed by atoms with Crippen LogP contribution in [0.25, 0.3) is 120 Å². The quantitative estimate of drug-likeness (QED) is 0.150. The molecule has 0 amide bonds. The Kier molecular flexibility index (Phi) is 13.8. The highest BCUT2D eigenvalue weighted by molar-refractivity contribution is 6.47. The largest absolute Gasteiger partial charge is 0.334 e. The molecule has 0 spiro atoms. The van der Waals surface area contributed by atoms with E-state index < -0.39 is 0 Å². The number of hydrogen-bond donors (Lipinski definition) is 0. The molecule has 3 heteroatoms. The van der Waals surface area contributed by atoms with E-state index in [2.05, 4.69) is 345 Å². The SMILES string of the molecule is CC(C)(C)C12CCCCC1(C)c1cc(-c3ccc4c5c(-c6ccccc6)c6c7ccc(-c8ccc9c(c8)C8(C)CCCCC8(C)N9c8ccccc8)c8c(-c9ccc%10c(c9)C9(C)CCCCC9(C(C)(C)C)N%10c9ccccc9)ccc(c6c(-c6ccccc6)c5c5cccc3c54)c87)ccc1N2c1ccccc1. The predicted molar refractivity (Wildman–Crippen MR) is 457 cm³/mol. The highest BCUT2D eigenvalue weighted by atomic mass is 15.3. The van der Waals surface area contributed by atoms with Gasteiger partial charge in [-0.2, -0.15) is 0 Å². The third-order valence-electron chi connectivity index (χ3n) is 29.6. The normalized spacial score (nSPS) is 24.1. The van der Waals surface area contributed by atoms with Crippen molar-refractivity contribution in [1.82, 2.24) is 0 Å². The molecule has 0 N–H and O–H groups in total. The van der Waals surface area contributed by atoms with Gasteiger partial charge in [-0.1, -0.05) is 289 Å². The maximum atomic E-state index is 2.82. The number of nitrogens with zero attached hydrogens (tertiary/aromatic N) is 3. The lowest BCUT2D eigenvalue weighted by molar-refractivity contribution is 0.0607. The van der Waals surface area contributed by atoms with Crippen molar-refractivity contribution in [2.24, 2.45) is 10.8 Å². The van der Waals surface area contributed by atoms with Gasteiger partial charge in [0.05, 0.1) is 16.6 Å². The molecule has 6 atom stereocenters. The van der Waals surface area contributed by atoms with E-state index in [9.17, 15) is 0 Å². The molecule has 6 unspecified atom stereocenters. The van der Waals surface area contributed by atoms with Crippen LogP contribution in [0.5, 0.6) is 0 Å². The smallest absolute Gasteiger partial charge is 0.0594 e. The van der Waals surface area contributed by atoms with Gasteiger partial charge in [-0.05, 0) is 266 Å². The molecule has 15 aromatic rings. The zero-order chi connectivity index (χ0) is 72.5. The van der Waals surface area contributed by atoms with Crippen molar-refractivity contribution >= 4 is 98.8 Å². The predicted octanol–water partition coefficient (Wildman–Crippen LogP) is 29.1. The van der Waals surface area contributed by atoms with Gasteiger partial charge in [0.25, 0.3) is 0 Å². The molecule has 107 heavy (non-hydrogen) atoms. The minimum absolute atomic E-state index is 0.000435. The Hall–Kier alpha value is -10.2. The molecule has 6 aliphatic rings. The zero-order valence-corrected chi connectivity index (χ0v) is 64.2. The van der Waals surface area contributed by atoms with Crippen LogP contribution in [0.1, 0.15) is 163 Å². The summed E-state index contributed by atoms with van der Waals surface area (Å²) in [5.41, 5.74) is 24.8. The summed E-state index contributed by atoms with van der Waals surface area (Å²) >= 11 is 0. The molecule has 0 saturated heterocycles. The van der Waals surface area contributed by atoms with Gasteiger partial charge in [0.1, 0.15) is 0 Å². The van der Waals surface area contributed by atoms with Crippen LogP contribution in [0.4, 0.5) is 34.1 Å². The second kappa shape index (κ2) is 22.7. The average molecular weight is 1390 g/mol. The topological polar surface area (TPSA) is 9.72 Å². The molecular formula is C104H97N3. The highest BCUT2D eigenvalue weighted by Gasteiger charge is 2.67. The van der Waals surface area contributed by atoms with Crippen molar-refractivity contribution in [3.05, 3.63) is 278 Å². The second-order valence-corrected chi connectivity index (χ2v) is 36.3. The van der Waals surface area contributed by atoms with Crippen LogP contribution >= 0.6 is 0 Å². The number of fused-ring (bicyclic) bond motifs is 15. The molecule has 15 aromatic carbocycles. The number of rotatable bonds is 8. The Bertz CT molecular complexity index is 6030. The first-order valence-corrected chi connectivity index (χ1v) is 40.4. The minimum Gasteiger partial charge on any atom is -0.334 e. The van der Waals surface area contributed by atoms with Gasteiger partial charge in [-0.25, -0.2) is 0 Å². The summed E-state index contributed by atoms with van der Waals surface area (Å²) < 4.78 is 0. The Balaban J connectivity index is 0.854. The first kappa shape index (κ1) is 65.1. The van der Waals surface area contributed by atoms with E-state index in [0.29, 0.717) is 0 Å². The Morgan fingerprint density at radius 1 is 0.252 bits per heavy atom. The Morgan fingerprint density at radius 3 is 1.03 bits per heavy atom. The number of hydrogen-bond acceptors (Lipinski definition) is 3. The second-order valence-electron chi connectivity index (χ2n) is 36.3. The van der Waals surface area contributed by atoms with Crippen molar-refractivity contribution in [1.29, 1.82) is 0 Å². The van der Waals surface area contributed by atoms with E-state index in [1.165, 1.54) is 216 Å². The molecule has 528 valence electrons. The highest BCUT2D eigenvalue weighted by Crippen LogP contribution is 2.70. The van der Waals surface area contributed by atoms with E-state index in [1.807, 2.05) is 0 Å². The first-order valence-electron chi connectivity index (χ1n) is 40.4. The monoisotopic (exact) mass is 1390 g/mol. The molecule has 3 fully saturated rings. The van der Waals surface area contributed by atoms with Gasteiger partial charge in [-0.15, -0.1) is 0 Å². The fourth-order valence-corrected chi connectivity index (χ4v) is 25.1. The van der Waals surface area contributed by atoms with Crippen molar-refractivity contribution in [3.63, 3.8) is 0 Å². The van der Waals surface area contributed by atoms with Crippen molar-refractivity contribution in [2.75, 3.05) is 14.7 Å². The van der Waals surface area contributed by atoms with Crippen LogP contribution in [-0.4, -0.2) is 16.6 Å². The van der Waals surface area contributed by atoms with Gasteiger partial charge in [0, 0.05) is 50.4 Å². The van der Waals surface area contributed by atoms with E-state index in [-0.39, 0.29) is 43.7 Å². The maximum Gasteiger partial charge on any atom is 0.0594 e. The molecule has 3 nitrogen and oxygen atoms in total. The first-order chi connectivity index (χ1) is 51.9. The molecule has 0 aromatic heterocycles. The molecule has 3 heterocycles. The summed E-state index contributed by atoms with van der Waals surface area (Å²) in [6.45, 7) is 25.6. The number of para-hydroxylation sites is 3. The van der Waals surface area contributed by atoms with Gasteiger partial charge >= 0.3 is 0 Å². The summed E-state index contributed by atoms with van der Waals surface area (Å²) in [6.07, 6.45) is 14.3. The Morgan fingerprint density at radius 2 is 0.589 bits per heavy atom. The fourth-order valence-electron chi connectivity index (χ4n) is 25.1. The summed E-state index contributed by atoms with van der Waals surface area (Å²) in [4.78, 5) is 8.35. The maximum absolute atomic E-state index is 2.82. The molecule has 3 aliphatic carbocycles. The third-order valence-corrected chi connectivity index (χ3v) is 29.6. The molecule has 21 rings (SSSR count). The summed E-state index contributed by atoms with van der Waals surface area (Å²) in [6, 6.07) is 103. The molecule has 0 bridgehead atoms. The van der Waals surface area contributed by atoms with Gasteiger partial charge in [0.15, 0.2) is 0 Å². The van der Waals surface area contributed by atoms with E-state index >= 15 is 0 Å². The molecule has 3 aliphatic heterocycles. The minimum atomic E-state index is -0.135. The number of anilines is 6. The van der Waals surface area contributed by atoms with Gasteiger partial charge in [-0.3, -0.25) is 0 Å². The summed E-state index contributed by atoms with van der Waals surface area (Å²) in [5, 5.41) is 16.0. The van der Waals surface area contributed by atoms with Crippen molar-refractivity contribution in [3.8, 4) is 55.6 Å². The lowest BCUT2D eigenvalue weighted by atomic mass is 9.52. The third kappa shape index (κ3) is 8.34. The van der Waals surface area contributed by atoms with E-state index in [4.69, 9.17) is 0 Å².